The number of oxazole rings is 1. The van der Waals surface area contributed by atoms with E-state index < -0.39 is 5.76 Å². The van der Waals surface area contributed by atoms with Gasteiger partial charge < -0.3 is 4.42 Å². The van der Waals surface area contributed by atoms with Gasteiger partial charge in [0.15, 0.2) is 5.58 Å². The minimum Gasteiger partial charge on any atom is -0.408 e. The van der Waals surface area contributed by atoms with Crippen molar-refractivity contribution in [3.8, 4) is 0 Å². The van der Waals surface area contributed by atoms with Gasteiger partial charge in [0.05, 0.1) is 10.5 Å². The van der Waals surface area contributed by atoms with E-state index in [1.54, 1.807) is 12.1 Å². The van der Waals surface area contributed by atoms with Crippen molar-refractivity contribution in [2.24, 2.45) is 0 Å². The third-order valence-electron chi connectivity index (χ3n) is 1.46. The number of fused-ring (bicyclic) bond motifs is 1. The molecule has 1 aromatic carbocycles. The zero-order chi connectivity index (χ0) is 8.72. The Morgan fingerprint density at radius 3 is 3.00 bits per heavy atom. The number of rotatable bonds is 0. The molecule has 0 amide bonds. The molecule has 0 unspecified atom stereocenters. The maximum Gasteiger partial charge on any atom is 0.417 e. The molecule has 0 aliphatic rings. The van der Waals surface area contributed by atoms with Gasteiger partial charge in [-0.1, -0.05) is 11.6 Å². The van der Waals surface area contributed by atoms with Crippen LogP contribution in [-0.4, -0.2) is 4.98 Å². The Labute approximate surface area is 80.5 Å². The smallest absolute Gasteiger partial charge is 0.408 e. The van der Waals surface area contributed by atoms with Crippen LogP contribution in [0, 0.1) is 0 Å². The molecular weight excluding hydrogens is 245 g/mol. The zero-order valence-corrected chi connectivity index (χ0v) is 8.07. The summed E-state index contributed by atoms with van der Waals surface area (Å²) in [6.45, 7) is 0. The van der Waals surface area contributed by atoms with Crippen molar-refractivity contribution in [3.63, 3.8) is 0 Å². The summed E-state index contributed by atoms with van der Waals surface area (Å²) in [6, 6.07) is 3.28. The van der Waals surface area contributed by atoms with Crippen molar-refractivity contribution in [3.05, 3.63) is 32.2 Å². The number of aromatic nitrogens is 1. The van der Waals surface area contributed by atoms with Crippen LogP contribution < -0.4 is 5.76 Å². The van der Waals surface area contributed by atoms with E-state index in [9.17, 15) is 4.79 Å². The Balaban J connectivity index is 2.92. The molecule has 1 heterocycles. The fourth-order valence-corrected chi connectivity index (χ4v) is 1.44. The lowest BCUT2D eigenvalue weighted by atomic mass is 10.3. The summed E-state index contributed by atoms with van der Waals surface area (Å²) in [5.41, 5.74) is 1.10. The van der Waals surface area contributed by atoms with Gasteiger partial charge >= 0.3 is 5.76 Å². The van der Waals surface area contributed by atoms with Crippen LogP contribution in [0.1, 0.15) is 0 Å². The van der Waals surface area contributed by atoms with Crippen LogP contribution in [0.15, 0.2) is 25.8 Å². The Hall–Kier alpha value is -0.740. The van der Waals surface area contributed by atoms with E-state index in [1.807, 2.05) is 0 Å². The molecule has 1 N–H and O–H groups in total. The number of halogens is 2. The summed E-state index contributed by atoms with van der Waals surface area (Å²) >= 11 is 9.00. The first-order chi connectivity index (χ1) is 5.66. The van der Waals surface area contributed by atoms with Crippen molar-refractivity contribution in [1.82, 2.24) is 4.98 Å². The lowest BCUT2D eigenvalue weighted by molar-refractivity contribution is 0.555. The van der Waals surface area contributed by atoms with E-state index in [4.69, 9.17) is 16.0 Å². The molecule has 0 radical (unpaired) electrons. The summed E-state index contributed by atoms with van der Waals surface area (Å²) in [6.07, 6.45) is 0. The molecule has 62 valence electrons. The third kappa shape index (κ3) is 1.17. The highest BCUT2D eigenvalue weighted by Crippen LogP contribution is 2.26. The average molecular weight is 248 g/mol. The van der Waals surface area contributed by atoms with E-state index in [0.29, 0.717) is 16.1 Å². The maximum absolute atomic E-state index is 10.7. The van der Waals surface area contributed by atoms with Gasteiger partial charge in [-0.3, -0.25) is 4.98 Å². The van der Waals surface area contributed by atoms with E-state index in [2.05, 4.69) is 20.9 Å². The van der Waals surface area contributed by atoms with Crippen LogP contribution in [0.2, 0.25) is 5.02 Å². The molecule has 2 aromatic rings. The normalized spacial score (nSPS) is 10.8. The fourth-order valence-electron chi connectivity index (χ4n) is 0.946. The van der Waals surface area contributed by atoms with Gasteiger partial charge in [0.1, 0.15) is 0 Å². The second-order valence-corrected chi connectivity index (χ2v) is 3.54. The average Bonchev–Trinajstić information content (AvgIpc) is 2.30. The highest BCUT2D eigenvalue weighted by molar-refractivity contribution is 9.10. The van der Waals surface area contributed by atoms with Gasteiger partial charge in [-0.2, -0.15) is 0 Å². The van der Waals surface area contributed by atoms with E-state index in [-0.39, 0.29) is 0 Å². The Morgan fingerprint density at radius 2 is 2.25 bits per heavy atom. The summed E-state index contributed by atoms with van der Waals surface area (Å²) in [5, 5.41) is 0.519. The monoisotopic (exact) mass is 247 g/mol. The van der Waals surface area contributed by atoms with Crippen LogP contribution >= 0.6 is 27.5 Å². The first kappa shape index (κ1) is 7.89. The molecule has 0 bridgehead atoms. The maximum atomic E-state index is 10.7. The lowest BCUT2D eigenvalue weighted by Crippen LogP contribution is -1.92. The van der Waals surface area contributed by atoms with Crippen molar-refractivity contribution in [2.45, 2.75) is 0 Å². The second kappa shape index (κ2) is 2.64. The predicted octanol–water partition coefficient (Wildman–Crippen LogP) is 2.54. The predicted molar refractivity (Wildman–Crippen MR) is 49.5 cm³/mol. The van der Waals surface area contributed by atoms with E-state index in [0.717, 1.165) is 4.47 Å². The van der Waals surface area contributed by atoms with Gasteiger partial charge in [-0.25, -0.2) is 4.79 Å². The minimum atomic E-state index is -0.473. The summed E-state index contributed by atoms with van der Waals surface area (Å²) in [7, 11) is 0. The van der Waals surface area contributed by atoms with Crippen molar-refractivity contribution in [2.75, 3.05) is 0 Å². The lowest BCUT2D eigenvalue weighted by Gasteiger charge is -1.92. The number of H-pyrrole nitrogens is 1. The summed E-state index contributed by atoms with van der Waals surface area (Å²) in [5.74, 6) is -0.473. The van der Waals surface area contributed by atoms with Crippen LogP contribution in [0.3, 0.4) is 0 Å². The van der Waals surface area contributed by atoms with Crippen LogP contribution in [0.5, 0.6) is 0 Å². The van der Waals surface area contributed by atoms with Crippen LogP contribution in [0.25, 0.3) is 11.1 Å². The first-order valence-electron chi connectivity index (χ1n) is 3.15. The highest BCUT2D eigenvalue weighted by atomic mass is 79.9. The molecule has 0 saturated heterocycles. The molecule has 0 saturated carbocycles. The number of benzene rings is 1. The number of aromatic amines is 1. The highest BCUT2D eigenvalue weighted by Gasteiger charge is 2.04. The number of nitrogens with one attached hydrogen (secondary N) is 1. The topological polar surface area (TPSA) is 46.0 Å². The zero-order valence-electron chi connectivity index (χ0n) is 5.73. The Morgan fingerprint density at radius 1 is 1.50 bits per heavy atom. The van der Waals surface area contributed by atoms with Crippen molar-refractivity contribution < 1.29 is 4.42 Å². The molecule has 3 nitrogen and oxygen atoms in total. The standard InChI is InChI=1S/C7H3BrClNO2/c8-3-1-5-6(2-4(3)9)12-7(11)10-5/h1-2H,(H,10,11). The van der Waals surface area contributed by atoms with E-state index >= 15 is 0 Å². The number of hydrogen-bond donors (Lipinski definition) is 1. The second-order valence-electron chi connectivity index (χ2n) is 2.28. The van der Waals surface area contributed by atoms with Gasteiger partial charge in [-0.15, -0.1) is 0 Å². The molecule has 0 aliphatic heterocycles. The summed E-state index contributed by atoms with van der Waals surface area (Å²) in [4.78, 5) is 13.2. The largest absolute Gasteiger partial charge is 0.417 e. The Bertz CT molecular complexity index is 446. The van der Waals surface area contributed by atoms with Crippen LogP contribution in [-0.2, 0) is 0 Å². The molecule has 0 aliphatic carbocycles. The van der Waals surface area contributed by atoms with Gasteiger partial charge in [-0.05, 0) is 22.0 Å². The third-order valence-corrected chi connectivity index (χ3v) is 2.66. The van der Waals surface area contributed by atoms with Gasteiger partial charge in [0.25, 0.3) is 0 Å². The molecule has 5 heteroatoms. The number of hydrogen-bond acceptors (Lipinski definition) is 2. The van der Waals surface area contributed by atoms with Crippen molar-refractivity contribution in [1.29, 1.82) is 0 Å². The molecular formula is C7H3BrClNO2. The molecule has 0 atom stereocenters. The SMILES string of the molecule is O=c1[nH]c2cc(Br)c(Cl)cc2o1. The minimum absolute atomic E-state index is 0.466. The van der Waals surface area contributed by atoms with E-state index in [1.165, 1.54) is 0 Å². The van der Waals surface area contributed by atoms with Crippen LogP contribution in [0.4, 0.5) is 0 Å². The Kier molecular flexibility index (Phi) is 1.73. The molecule has 0 spiro atoms. The fraction of sp³-hybridized carbons (Fsp3) is 0. The summed E-state index contributed by atoms with van der Waals surface area (Å²) < 4.78 is 5.52. The van der Waals surface area contributed by atoms with Gasteiger partial charge in [0.2, 0.25) is 0 Å². The quantitative estimate of drug-likeness (QED) is 0.779. The molecule has 2 rings (SSSR count). The molecule has 0 fully saturated rings. The molecule has 12 heavy (non-hydrogen) atoms. The molecule has 1 aromatic heterocycles. The van der Waals surface area contributed by atoms with Gasteiger partial charge in [0, 0.05) is 10.5 Å². The first-order valence-corrected chi connectivity index (χ1v) is 4.32. The van der Waals surface area contributed by atoms with Crippen molar-refractivity contribution >= 4 is 38.6 Å².